The van der Waals surface area contributed by atoms with Crippen LogP contribution in [-0.2, 0) is 9.47 Å². The van der Waals surface area contributed by atoms with Crippen molar-refractivity contribution in [3.05, 3.63) is 0 Å². The average Bonchev–Trinajstić information content (AvgIpc) is 2.78. The molecule has 0 aromatic carbocycles. The van der Waals surface area contributed by atoms with Gasteiger partial charge in [0.2, 0.25) is 0 Å². The van der Waals surface area contributed by atoms with E-state index >= 15 is 0 Å². The van der Waals surface area contributed by atoms with Crippen molar-refractivity contribution < 1.29 is 14.3 Å². The number of ether oxygens (including phenoxy) is 2. The quantitative estimate of drug-likeness (QED) is 0.781. The van der Waals surface area contributed by atoms with Gasteiger partial charge in [-0.3, -0.25) is 0 Å². The third kappa shape index (κ3) is 4.51. The van der Waals surface area contributed by atoms with E-state index in [0.29, 0.717) is 13.2 Å². The molecule has 0 radical (unpaired) electrons. The molecular weight excluding hydrogens is 194 g/mol. The SMILES string of the molecule is CCOCC1(NC(=O)OC(C)(C)C)CC1. The smallest absolute Gasteiger partial charge is 0.408 e. The molecule has 0 bridgehead atoms. The molecule has 1 aliphatic rings. The highest BCUT2D eigenvalue weighted by atomic mass is 16.6. The molecule has 1 saturated carbocycles. The Morgan fingerprint density at radius 2 is 2.00 bits per heavy atom. The van der Waals surface area contributed by atoms with Crippen LogP contribution in [0.25, 0.3) is 0 Å². The monoisotopic (exact) mass is 215 g/mol. The lowest BCUT2D eigenvalue weighted by Gasteiger charge is -2.23. The number of carbonyl (C=O) groups excluding carboxylic acids is 1. The van der Waals surface area contributed by atoms with Crippen molar-refractivity contribution in [2.45, 2.75) is 51.7 Å². The number of alkyl carbamates (subject to hydrolysis) is 1. The molecule has 1 aliphatic carbocycles. The number of hydrogen-bond acceptors (Lipinski definition) is 3. The Balaban J connectivity index is 2.31. The van der Waals surface area contributed by atoms with Crippen LogP contribution < -0.4 is 5.32 Å². The van der Waals surface area contributed by atoms with E-state index in [2.05, 4.69) is 5.32 Å². The maximum Gasteiger partial charge on any atom is 0.408 e. The Bertz CT molecular complexity index is 228. The van der Waals surface area contributed by atoms with E-state index in [0.717, 1.165) is 12.8 Å². The molecule has 88 valence electrons. The first-order chi connectivity index (χ1) is 6.87. The molecule has 4 nitrogen and oxygen atoms in total. The molecule has 15 heavy (non-hydrogen) atoms. The van der Waals surface area contributed by atoms with E-state index in [-0.39, 0.29) is 11.6 Å². The molecular formula is C11H21NO3. The topological polar surface area (TPSA) is 47.6 Å². The Morgan fingerprint density at radius 1 is 1.40 bits per heavy atom. The first-order valence-corrected chi connectivity index (χ1v) is 5.46. The third-order valence-corrected chi connectivity index (χ3v) is 2.20. The molecule has 0 saturated heterocycles. The van der Waals surface area contributed by atoms with Crippen LogP contribution in [0.1, 0.15) is 40.5 Å². The van der Waals surface area contributed by atoms with E-state index in [1.165, 1.54) is 0 Å². The highest BCUT2D eigenvalue weighted by Crippen LogP contribution is 2.35. The average molecular weight is 215 g/mol. The van der Waals surface area contributed by atoms with Crippen molar-refractivity contribution in [1.82, 2.24) is 5.32 Å². The summed E-state index contributed by atoms with van der Waals surface area (Å²) in [6.45, 7) is 8.78. The zero-order chi connectivity index (χ0) is 11.5. The zero-order valence-corrected chi connectivity index (χ0v) is 10.1. The summed E-state index contributed by atoms with van der Waals surface area (Å²) in [7, 11) is 0. The van der Waals surface area contributed by atoms with Crippen LogP contribution in [0.15, 0.2) is 0 Å². The number of nitrogens with one attached hydrogen (secondary N) is 1. The highest BCUT2D eigenvalue weighted by Gasteiger charge is 2.45. The third-order valence-electron chi connectivity index (χ3n) is 2.20. The van der Waals surface area contributed by atoms with Crippen LogP contribution in [0.3, 0.4) is 0 Å². The molecule has 0 spiro atoms. The first-order valence-electron chi connectivity index (χ1n) is 5.46. The lowest BCUT2D eigenvalue weighted by atomic mass is 10.2. The summed E-state index contributed by atoms with van der Waals surface area (Å²) in [5.41, 5.74) is -0.593. The van der Waals surface area contributed by atoms with Crippen molar-refractivity contribution >= 4 is 6.09 Å². The van der Waals surface area contributed by atoms with Gasteiger partial charge in [0, 0.05) is 6.61 Å². The normalized spacial score (nSPS) is 18.4. The number of hydrogen-bond donors (Lipinski definition) is 1. The van der Waals surface area contributed by atoms with Gasteiger partial charge in [0.1, 0.15) is 5.60 Å². The van der Waals surface area contributed by atoms with Crippen LogP contribution in [0.4, 0.5) is 4.79 Å². The molecule has 0 atom stereocenters. The van der Waals surface area contributed by atoms with Gasteiger partial charge in [-0.25, -0.2) is 4.79 Å². The number of amides is 1. The van der Waals surface area contributed by atoms with Crippen molar-refractivity contribution in [3.8, 4) is 0 Å². The zero-order valence-electron chi connectivity index (χ0n) is 10.1. The summed E-state index contributed by atoms with van der Waals surface area (Å²) in [6, 6.07) is 0. The first kappa shape index (κ1) is 12.3. The maximum atomic E-state index is 11.5. The van der Waals surface area contributed by atoms with Crippen molar-refractivity contribution in [1.29, 1.82) is 0 Å². The van der Waals surface area contributed by atoms with Gasteiger partial charge in [0.05, 0.1) is 12.1 Å². The van der Waals surface area contributed by atoms with Crippen LogP contribution in [-0.4, -0.2) is 30.4 Å². The fraction of sp³-hybridized carbons (Fsp3) is 0.909. The van der Waals surface area contributed by atoms with Gasteiger partial charge in [0.25, 0.3) is 0 Å². The van der Waals surface area contributed by atoms with Gasteiger partial charge >= 0.3 is 6.09 Å². The van der Waals surface area contributed by atoms with E-state index in [1.54, 1.807) is 0 Å². The highest BCUT2D eigenvalue weighted by molar-refractivity contribution is 5.69. The van der Waals surface area contributed by atoms with Crippen LogP contribution in [0.2, 0.25) is 0 Å². The summed E-state index contributed by atoms with van der Waals surface area (Å²) in [4.78, 5) is 11.5. The molecule has 1 rings (SSSR count). The summed E-state index contributed by atoms with van der Waals surface area (Å²) in [6.07, 6.45) is 1.61. The Labute approximate surface area is 91.3 Å². The van der Waals surface area contributed by atoms with Crippen molar-refractivity contribution in [2.75, 3.05) is 13.2 Å². The molecule has 0 aliphatic heterocycles. The second-order valence-electron chi connectivity index (χ2n) is 5.04. The second-order valence-corrected chi connectivity index (χ2v) is 5.04. The molecule has 0 heterocycles. The molecule has 1 amide bonds. The fourth-order valence-corrected chi connectivity index (χ4v) is 1.27. The van der Waals surface area contributed by atoms with Gasteiger partial charge in [0.15, 0.2) is 0 Å². The summed E-state index contributed by atoms with van der Waals surface area (Å²) < 4.78 is 10.5. The largest absolute Gasteiger partial charge is 0.444 e. The minimum atomic E-state index is -0.439. The van der Waals surface area contributed by atoms with Crippen molar-refractivity contribution in [3.63, 3.8) is 0 Å². The predicted molar refractivity (Wildman–Crippen MR) is 57.8 cm³/mol. The molecule has 1 N–H and O–H groups in total. The summed E-state index contributed by atoms with van der Waals surface area (Å²) in [5, 5.41) is 2.87. The number of rotatable bonds is 4. The van der Waals surface area contributed by atoms with E-state index in [4.69, 9.17) is 9.47 Å². The molecule has 1 fully saturated rings. The standard InChI is InChI=1S/C11H21NO3/c1-5-14-8-11(6-7-11)12-9(13)15-10(2,3)4/h5-8H2,1-4H3,(H,12,13). The summed E-state index contributed by atoms with van der Waals surface area (Å²) >= 11 is 0. The second kappa shape index (κ2) is 4.39. The van der Waals surface area contributed by atoms with E-state index < -0.39 is 5.60 Å². The Hall–Kier alpha value is -0.770. The Kier molecular flexibility index (Phi) is 3.60. The van der Waals surface area contributed by atoms with Gasteiger partial charge in [-0.15, -0.1) is 0 Å². The fourth-order valence-electron chi connectivity index (χ4n) is 1.27. The van der Waals surface area contributed by atoms with Crippen LogP contribution in [0, 0.1) is 0 Å². The number of carbonyl (C=O) groups is 1. The Morgan fingerprint density at radius 3 is 2.40 bits per heavy atom. The summed E-state index contributed by atoms with van der Waals surface area (Å²) in [5.74, 6) is 0. The minimum Gasteiger partial charge on any atom is -0.444 e. The molecule has 0 aromatic rings. The predicted octanol–water partition coefficient (Wildman–Crippen LogP) is 2.08. The lowest BCUT2D eigenvalue weighted by Crippen LogP contribution is -2.43. The van der Waals surface area contributed by atoms with Gasteiger partial charge in [-0.1, -0.05) is 0 Å². The van der Waals surface area contributed by atoms with Gasteiger partial charge in [-0.05, 0) is 40.5 Å². The van der Waals surface area contributed by atoms with Crippen LogP contribution >= 0.6 is 0 Å². The van der Waals surface area contributed by atoms with Gasteiger partial charge in [-0.2, -0.15) is 0 Å². The molecule has 0 aromatic heterocycles. The van der Waals surface area contributed by atoms with E-state index in [1.807, 2.05) is 27.7 Å². The van der Waals surface area contributed by atoms with Gasteiger partial charge < -0.3 is 14.8 Å². The lowest BCUT2D eigenvalue weighted by molar-refractivity contribution is 0.0430. The van der Waals surface area contributed by atoms with E-state index in [9.17, 15) is 4.79 Å². The van der Waals surface area contributed by atoms with Crippen LogP contribution in [0.5, 0.6) is 0 Å². The van der Waals surface area contributed by atoms with Crippen molar-refractivity contribution in [2.24, 2.45) is 0 Å². The molecule has 0 unspecified atom stereocenters. The maximum absolute atomic E-state index is 11.5. The minimum absolute atomic E-state index is 0.154. The molecule has 4 heteroatoms.